The van der Waals surface area contributed by atoms with Gasteiger partial charge in [-0.2, -0.15) is 0 Å². The first-order chi connectivity index (χ1) is 7.52. The van der Waals surface area contributed by atoms with Crippen LogP contribution in [0.5, 0.6) is 0 Å². The molecule has 2 N–H and O–H groups in total. The molecule has 0 unspecified atom stereocenters. The van der Waals surface area contributed by atoms with E-state index in [1.165, 1.54) is 19.3 Å². The van der Waals surface area contributed by atoms with E-state index in [1.807, 2.05) is 0 Å². The molecule has 3 aliphatic rings. The molecule has 0 aromatic rings. The van der Waals surface area contributed by atoms with E-state index in [9.17, 15) is 10.2 Å². The number of aliphatic hydroxyl groups excluding tert-OH is 1. The first kappa shape index (κ1) is 11.0. The van der Waals surface area contributed by atoms with Gasteiger partial charge in [0, 0.05) is 6.61 Å². The van der Waals surface area contributed by atoms with E-state index in [4.69, 9.17) is 0 Å². The van der Waals surface area contributed by atoms with Crippen molar-refractivity contribution in [1.29, 1.82) is 0 Å². The van der Waals surface area contributed by atoms with Crippen LogP contribution >= 0.6 is 0 Å². The van der Waals surface area contributed by atoms with Crippen LogP contribution in [-0.2, 0) is 0 Å². The van der Waals surface area contributed by atoms with Gasteiger partial charge < -0.3 is 10.2 Å². The molecule has 3 aliphatic carbocycles. The molecular formula is C14H24O2. The van der Waals surface area contributed by atoms with Crippen LogP contribution in [0.3, 0.4) is 0 Å². The van der Waals surface area contributed by atoms with Gasteiger partial charge in [0.1, 0.15) is 0 Å². The highest BCUT2D eigenvalue weighted by Gasteiger charge is 2.60. The Labute approximate surface area is 98.1 Å². The van der Waals surface area contributed by atoms with Crippen molar-refractivity contribution >= 4 is 0 Å². The van der Waals surface area contributed by atoms with Crippen molar-refractivity contribution < 1.29 is 10.2 Å². The van der Waals surface area contributed by atoms with E-state index in [-0.39, 0.29) is 12.0 Å². The lowest BCUT2D eigenvalue weighted by Crippen LogP contribution is -2.56. The van der Waals surface area contributed by atoms with Crippen molar-refractivity contribution in [3.8, 4) is 0 Å². The molecule has 0 saturated heterocycles. The topological polar surface area (TPSA) is 40.5 Å². The highest BCUT2D eigenvalue weighted by molar-refractivity contribution is 5.11. The molecule has 3 rings (SSSR count). The van der Waals surface area contributed by atoms with Crippen LogP contribution in [-0.4, -0.2) is 22.4 Å². The number of aliphatic hydroxyl groups is 2. The highest BCUT2D eigenvalue weighted by Crippen LogP contribution is 2.64. The Morgan fingerprint density at radius 2 is 1.94 bits per heavy atom. The molecule has 16 heavy (non-hydrogen) atoms. The van der Waals surface area contributed by atoms with Gasteiger partial charge >= 0.3 is 0 Å². The molecule has 0 amide bonds. The summed E-state index contributed by atoms with van der Waals surface area (Å²) in [7, 11) is 0. The van der Waals surface area contributed by atoms with Gasteiger partial charge in [-0.25, -0.2) is 0 Å². The molecule has 2 heteroatoms. The van der Waals surface area contributed by atoms with E-state index in [0.717, 1.165) is 32.1 Å². The normalized spacial score (nSPS) is 56.1. The smallest absolute Gasteiger partial charge is 0.0687 e. The molecule has 0 aromatic heterocycles. The van der Waals surface area contributed by atoms with Crippen LogP contribution in [0.25, 0.3) is 0 Å². The maximum Gasteiger partial charge on any atom is 0.0687 e. The molecule has 3 fully saturated rings. The Morgan fingerprint density at radius 3 is 2.56 bits per heavy atom. The zero-order chi connectivity index (χ0) is 11.4. The lowest BCUT2D eigenvalue weighted by atomic mass is 9.52. The van der Waals surface area contributed by atoms with Gasteiger partial charge in [-0.05, 0) is 61.7 Å². The van der Waals surface area contributed by atoms with Crippen molar-refractivity contribution in [2.75, 3.05) is 6.61 Å². The summed E-state index contributed by atoms with van der Waals surface area (Å²) in [6.45, 7) is 2.63. The minimum atomic E-state index is -0.454. The van der Waals surface area contributed by atoms with Gasteiger partial charge in [0.25, 0.3) is 0 Å². The van der Waals surface area contributed by atoms with Crippen molar-refractivity contribution in [1.82, 2.24) is 0 Å². The van der Waals surface area contributed by atoms with Gasteiger partial charge in [-0.15, -0.1) is 0 Å². The van der Waals surface area contributed by atoms with Gasteiger partial charge in [0.05, 0.1) is 5.60 Å². The number of hydrogen-bond acceptors (Lipinski definition) is 2. The minimum absolute atomic E-state index is 0.0802. The van der Waals surface area contributed by atoms with Crippen LogP contribution < -0.4 is 0 Å². The maximum absolute atomic E-state index is 10.9. The quantitative estimate of drug-likeness (QED) is 0.718. The van der Waals surface area contributed by atoms with E-state index in [1.54, 1.807) is 0 Å². The van der Waals surface area contributed by atoms with Gasteiger partial charge in [-0.3, -0.25) is 0 Å². The van der Waals surface area contributed by atoms with Crippen LogP contribution in [0.4, 0.5) is 0 Å². The average molecular weight is 224 g/mol. The van der Waals surface area contributed by atoms with Crippen molar-refractivity contribution in [3.63, 3.8) is 0 Å². The standard InChI is InChI=1S/C14H24O2/c1-12-4-2-5-14(16,9-12)11-3-6-13(11,10-15)8-7-12/h11,15-16H,2-10H2,1H3/t11-,12+,13-,14-/m1/s1. The van der Waals surface area contributed by atoms with Crippen molar-refractivity contribution in [3.05, 3.63) is 0 Å². The third-order valence-electron chi connectivity index (χ3n) is 5.98. The number of fused-ring (bicyclic) bond motifs is 4. The number of hydrogen-bond donors (Lipinski definition) is 2. The predicted octanol–water partition coefficient (Wildman–Crippen LogP) is 2.48. The predicted molar refractivity (Wildman–Crippen MR) is 63.0 cm³/mol. The lowest BCUT2D eigenvalue weighted by Gasteiger charge is -2.55. The minimum Gasteiger partial charge on any atom is -0.396 e. The maximum atomic E-state index is 10.9. The summed E-state index contributed by atoms with van der Waals surface area (Å²) in [6.07, 6.45) is 8.98. The molecule has 0 spiro atoms. The average Bonchev–Trinajstić information content (AvgIpc) is 2.19. The second kappa shape index (κ2) is 3.23. The number of rotatable bonds is 1. The largest absolute Gasteiger partial charge is 0.396 e. The molecule has 0 radical (unpaired) electrons. The van der Waals surface area contributed by atoms with Crippen molar-refractivity contribution in [2.45, 2.75) is 63.9 Å². The van der Waals surface area contributed by atoms with E-state index in [0.29, 0.717) is 11.3 Å². The Hall–Kier alpha value is -0.0800. The zero-order valence-corrected chi connectivity index (χ0v) is 10.3. The van der Waals surface area contributed by atoms with Crippen LogP contribution in [0, 0.1) is 16.7 Å². The molecule has 3 saturated carbocycles. The van der Waals surface area contributed by atoms with E-state index in [2.05, 4.69) is 6.92 Å². The van der Waals surface area contributed by atoms with Gasteiger partial charge in [0.2, 0.25) is 0 Å². The summed E-state index contributed by atoms with van der Waals surface area (Å²) in [6, 6.07) is 0. The molecule has 0 aromatic carbocycles. The molecule has 0 aliphatic heterocycles. The molecule has 2 bridgehead atoms. The SMILES string of the molecule is C[C@@]12CCC[C@@](O)(C1)[C@@H]1CC[C@]1(CO)CC2. The Bertz CT molecular complexity index is 299. The second-order valence-corrected chi connectivity index (χ2v) is 7.06. The summed E-state index contributed by atoms with van der Waals surface area (Å²) in [5.74, 6) is 0.382. The molecule has 4 atom stereocenters. The zero-order valence-electron chi connectivity index (χ0n) is 10.3. The van der Waals surface area contributed by atoms with E-state index >= 15 is 0 Å². The summed E-state index contributed by atoms with van der Waals surface area (Å²) in [5, 5.41) is 20.6. The van der Waals surface area contributed by atoms with Crippen LogP contribution in [0.2, 0.25) is 0 Å². The summed E-state index contributed by atoms with van der Waals surface area (Å²) in [4.78, 5) is 0. The third kappa shape index (κ3) is 1.32. The van der Waals surface area contributed by atoms with E-state index < -0.39 is 5.60 Å². The van der Waals surface area contributed by atoms with Crippen LogP contribution in [0.15, 0.2) is 0 Å². The van der Waals surface area contributed by atoms with Crippen molar-refractivity contribution in [2.24, 2.45) is 16.7 Å². The third-order valence-corrected chi connectivity index (χ3v) is 5.98. The summed E-state index contributed by atoms with van der Waals surface area (Å²) < 4.78 is 0. The first-order valence-corrected chi connectivity index (χ1v) is 6.85. The Morgan fingerprint density at radius 1 is 1.12 bits per heavy atom. The van der Waals surface area contributed by atoms with Gasteiger partial charge in [-0.1, -0.05) is 13.3 Å². The fourth-order valence-corrected chi connectivity index (χ4v) is 4.90. The fourth-order valence-electron chi connectivity index (χ4n) is 4.90. The van der Waals surface area contributed by atoms with Crippen LogP contribution in [0.1, 0.15) is 58.3 Å². The summed E-state index contributed by atoms with van der Waals surface area (Å²) in [5.41, 5.74) is -0.0339. The second-order valence-electron chi connectivity index (χ2n) is 7.06. The monoisotopic (exact) mass is 224 g/mol. The molecule has 92 valence electrons. The Balaban J connectivity index is 1.96. The highest BCUT2D eigenvalue weighted by atomic mass is 16.3. The fraction of sp³-hybridized carbons (Fsp3) is 1.00. The summed E-state index contributed by atoms with van der Waals surface area (Å²) >= 11 is 0. The van der Waals surface area contributed by atoms with Gasteiger partial charge in [0.15, 0.2) is 0 Å². The molecular weight excluding hydrogens is 200 g/mol. The molecule has 0 heterocycles. The lowest BCUT2D eigenvalue weighted by molar-refractivity contribution is -0.163. The first-order valence-electron chi connectivity index (χ1n) is 6.85. The molecule has 2 nitrogen and oxygen atoms in total. The Kier molecular flexibility index (Phi) is 2.23.